The topological polar surface area (TPSA) is 50.3 Å². The molecule has 0 bridgehead atoms. The van der Waals surface area contributed by atoms with Crippen LogP contribution in [0.2, 0.25) is 0 Å². The molecule has 0 aliphatic carbocycles. The van der Waals surface area contributed by atoms with Gasteiger partial charge in [-0.15, -0.1) is 6.42 Å². The number of thioether (sulfide) groups is 1. The van der Waals surface area contributed by atoms with Gasteiger partial charge in [0.05, 0.1) is 18.0 Å². The van der Waals surface area contributed by atoms with Gasteiger partial charge in [0.1, 0.15) is 0 Å². The molecule has 0 saturated carbocycles. The van der Waals surface area contributed by atoms with Gasteiger partial charge in [-0.3, -0.25) is 18.9 Å². The first-order chi connectivity index (χ1) is 15.0. The summed E-state index contributed by atoms with van der Waals surface area (Å²) in [5.41, 5.74) is 1.91. The van der Waals surface area contributed by atoms with E-state index >= 15 is 0 Å². The second kappa shape index (κ2) is 13.7. The maximum atomic E-state index is 12.9. The average Bonchev–Trinajstić information content (AvgIpc) is 2.75. The van der Waals surface area contributed by atoms with Crippen molar-refractivity contribution in [1.82, 2.24) is 9.88 Å². The zero-order valence-corrected chi connectivity index (χ0v) is 20.6. The molecule has 1 heterocycles. The van der Waals surface area contributed by atoms with Crippen molar-refractivity contribution in [3.8, 4) is 12.3 Å². The molecule has 0 aliphatic heterocycles. The summed E-state index contributed by atoms with van der Waals surface area (Å²) in [7, 11) is -1.77. The molecule has 0 fully saturated rings. The lowest BCUT2D eigenvalue weighted by Crippen LogP contribution is -2.31. The first kappa shape index (κ1) is 28.3. The van der Waals surface area contributed by atoms with Crippen molar-refractivity contribution in [2.24, 2.45) is 0 Å². The van der Waals surface area contributed by atoms with Gasteiger partial charge >= 0.3 is 6.18 Å². The monoisotopic (exact) mass is 506 g/mol. The summed E-state index contributed by atoms with van der Waals surface area (Å²) in [6.07, 6.45) is 3.83. The minimum Gasteiger partial charge on any atom is -0.294 e. The van der Waals surface area contributed by atoms with E-state index in [4.69, 9.17) is 18.0 Å². The molecule has 0 N–H and O–H groups in total. The maximum Gasteiger partial charge on any atom is 0.390 e. The summed E-state index contributed by atoms with van der Waals surface area (Å²) < 4.78 is 48.9. The van der Waals surface area contributed by atoms with Gasteiger partial charge < -0.3 is 0 Å². The maximum absolute atomic E-state index is 12.9. The molecule has 0 saturated heterocycles. The van der Waals surface area contributed by atoms with Crippen LogP contribution in [-0.2, 0) is 15.6 Å². The number of hydrogen-bond donors (Lipinski definition) is 0. The lowest BCUT2D eigenvalue weighted by atomic mass is 10.1. The number of allylic oxidation sites excluding steroid dienone is 2. The van der Waals surface area contributed by atoms with Crippen LogP contribution in [0, 0.1) is 12.3 Å². The highest BCUT2D eigenvalue weighted by Crippen LogP contribution is 2.40. The van der Waals surface area contributed by atoms with Crippen molar-refractivity contribution in [3.05, 3.63) is 45.7 Å². The van der Waals surface area contributed by atoms with Gasteiger partial charge in [0.15, 0.2) is 0 Å². The van der Waals surface area contributed by atoms with Gasteiger partial charge in [-0.1, -0.05) is 47.8 Å². The molecule has 1 aromatic rings. The fraction of sp³-hybridized carbons (Fsp3) is 0.455. The quantitative estimate of drug-likeness (QED) is 0.349. The number of terminal acetylenes is 1. The minimum absolute atomic E-state index is 0.0775. The van der Waals surface area contributed by atoms with Gasteiger partial charge in [-0.2, -0.15) is 13.2 Å². The molecule has 1 amide bonds. The molecule has 32 heavy (non-hydrogen) atoms. The Bertz CT molecular complexity index is 906. The molecule has 0 spiro atoms. The highest BCUT2D eigenvalue weighted by atomic mass is 35.5. The van der Waals surface area contributed by atoms with Gasteiger partial charge in [-0.25, -0.2) is 0 Å². The Kier molecular flexibility index (Phi) is 12.1. The Hall–Kier alpha value is -1.76. The van der Waals surface area contributed by atoms with Crippen molar-refractivity contribution in [2.75, 3.05) is 18.1 Å². The van der Waals surface area contributed by atoms with Crippen LogP contribution in [0.1, 0.15) is 45.6 Å². The third-order valence-electron chi connectivity index (χ3n) is 4.29. The number of carbonyl (C=O) groups excluding carboxylic acids is 1. The van der Waals surface area contributed by atoms with Crippen LogP contribution in [0.4, 0.5) is 13.2 Å². The van der Waals surface area contributed by atoms with E-state index in [9.17, 15) is 22.2 Å². The number of amides is 1. The van der Waals surface area contributed by atoms with E-state index in [0.717, 1.165) is 22.5 Å². The van der Waals surface area contributed by atoms with E-state index < -0.39 is 35.1 Å². The summed E-state index contributed by atoms with van der Waals surface area (Å²) in [4.78, 5) is 19.2. The molecule has 1 atom stereocenters. The molecular weight excluding hydrogens is 481 g/mol. The van der Waals surface area contributed by atoms with E-state index in [-0.39, 0.29) is 18.7 Å². The van der Waals surface area contributed by atoms with Crippen LogP contribution in [-0.4, -0.2) is 44.2 Å². The molecule has 176 valence electrons. The van der Waals surface area contributed by atoms with Crippen molar-refractivity contribution >= 4 is 45.0 Å². The Morgan fingerprint density at radius 1 is 1.34 bits per heavy atom. The lowest BCUT2D eigenvalue weighted by molar-refractivity contribution is -0.129. The number of halogens is 4. The van der Waals surface area contributed by atoms with Crippen molar-refractivity contribution < 1.29 is 22.2 Å². The largest absolute Gasteiger partial charge is 0.390 e. The zero-order valence-electron chi connectivity index (χ0n) is 18.2. The fourth-order valence-corrected chi connectivity index (χ4v) is 4.94. The fourth-order valence-electron chi connectivity index (χ4n) is 2.49. The van der Waals surface area contributed by atoms with Crippen LogP contribution in [0.15, 0.2) is 40.2 Å². The molecule has 1 rings (SSSR count). The Morgan fingerprint density at radius 2 is 2.03 bits per heavy atom. The Labute approximate surface area is 199 Å². The second-order valence-corrected chi connectivity index (χ2v) is 10.1. The number of aromatic nitrogens is 1. The number of nitrogens with zero attached hydrogens (tertiary/aromatic N) is 2. The molecular formula is C22H26ClF3N2O2S2. The summed E-state index contributed by atoms with van der Waals surface area (Å²) in [6.45, 7) is 5.52. The van der Waals surface area contributed by atoms with Crippen LogP contribution >= 0.6 is 23.4 Å². The van der Waals surface area contributed by atoms with Gasteiger partial charge in [0.2, 0.25) is 5.91 Å². The molecule has 1 aromatic heterocycles. The number of hydrogen-bond acceptors (Lipinski definition) is 4. The number of alkyl halides is 3. The van der Waals surface area contributed by atoms with E-state index in [1.807, 2.05) is 19.9 Å². The summed E-state index contributed by atoms with van der Waals surface area (Å²) in [6, 6.07) is 3.70. The zero-order chi connectivity index (χ0) is 24.3. The van der Waals surface area contributed by atoms with Crippen molar-refractivity contribution in [1.29, 1.82) is 0 Å². The van der Waals surface area contributed by atoms with E-state index in [1.54, 1.807) is 25.4 Å². The van der Waals surface area contributed by atoms with Gasteiger partial charge in [0, 0.05) is 56.6 Å². The second-order valence-electron chi connectivity index (χ2n) is 6.79. The smallest absolute Gasteiger partial charge is 0.294 e. The average molecular weight is 507 g/mol. The number of rotatable bonds is 11. The predicted molar refractivity (Wildman–Crippen MR) is 127 cm³/mol. The number of carbonyl (C=O) groups is 1. The van der Waals surface area contributed by atoms with E-state index in [1.165, 1.54) is 16.7 Å². The summed E-state index contributed by atoms with van der Waals surface area (Å²) in [5, 5.41) is 0.754. The van der Waals surface area contributed by atoms with Crippen LogP contribution in [0.3, 0.4) is 0 Å². The van der Waals surface area contributed by atoms with Crippen LogP contribution in [0.5, 0.6) is 0 Å². The van der Waals surface area contributed by atoms with Crippen molar-refractivity contribution in [2.45, 2.75) is 46.2 Å². The van der Waals surface area contributed by atoms with Crippen LogP contribution in [0.25, 0.3) is 4.91 Å². The van der Waals surface area contributed by atoms with Crippen molar-refractivity contribution in [3.63, 3.8) is 0 Å². The SMILES string of the molecule is C#CCN(C(=O)CCS(=O)CCC(F)(F)F)C(SC(=C(C)CC)c1cccnc1)=C(C)Cl. The highest BCUT2D eigenvalue weighted by Gasteiger charge is 2.28. The lowest BCUT2D eigenvalue weighted by Gasteiger charge is -2.25. The normalized spacial score (nSPS) is 14.2. The Morgan fingerprint density at radius 3 is 2.53 bits per heavy atom. The molecule has 1 unspecified atom stereocenters. The van der Waals surface area contributed by atoms with E-state index in [2.05, 4.69) is 10.9 Å². The molecule has 0 radical (unpaired) electrons. The third kappa shape index (κ3) is 9.80. The van der Waals surface area contributed by atoms with Crippen LogP contribution < -0.4 is 0 Å². The Balaban J connectivity index is 3.08. The number of pyridine rings is 1. The standard InChI is InChI=1S/C22H26ClF3N2O2S2/c1-5-12-28(19(29)9-13-32(30)14-10-22(24,25)26)21(17(4)23)31-20(16(3)6-2)18-8-7-11-27-15-18/h1,7-8,11,15H,6,9-10,12-14H2,2-4H3. The molecule has 4 nitrogen and oxygen atoms in total. The highest BCUT2D eigenvalue weighted by molar-refractivity contribution is 8.11. The first-order valence-electron chi connectivity index (χ1n) is 9.80. The van der Waals surface area contributed by atoms with Gasteiger partial charge in [0.25, 0.3) is 0 Å². The molecule has 0 aliphatic rings. The van der Waals surface area contributed by atoms with E-state index in [0.29, 0.717) is 10.1 Å². The molecule has 10 heteroatoms. The summed E-state index contributed by atoms with van der Waals surface area (Å²) >= 11 is 7.61. The minimum atomic E-state index is -4.39. The first-order valence-corrected chi connectivity index (χ1v) is 12.5. The third-order valence-corrected chi connectivity index (χ3v) is 7.41. The summed E-state index contributed by atoms with van der Waals surface area (Å²) in [5.74, 6) is 1.24. The molecule has 0 aromatic carbocycles. The van der Waals surface area contributed by atoms with Gasteiger partial charge in [-0.05, 0) is 26.3 Å². The predicted octanol–water partition coefficient (Wildman–Crippen LogP) is 5.94.